The van der Waals surface area contributed by atoms with Gasteiger partial charge in [-0.2, -0.15) is 9.97 Å². The number of aromatic amines is 1. The van der Waals surface area contributed by atoms with Gasteiger partial charge in [0.25, 0.3) is 0 Å². The van der Waals surface area contributed by atoms with Crippen LogP contribution >= 0.6 is 0 Å². The number of hydrogen-bond acceptors (Lipinski definition) is 5. The Morgan fingerprint density at radius 1 is 0.960 bits per heavy atom. The molecule has 0 aliphatic rings. The molecule has 2 heterocycles. The molecule has 2 aromatic carbocycles. The number of benzene rings is 2. The molecule has 0 saturated carbocycles. The van der Waals surface area contributed by atoms with Crippen molar-refractivity contribution in [3.63, 3.8) is 0 Å². The lowest BCUT2D eigenvalue weighted by Crippen LogP contribution is -2.27. The SMILES string of the molecule is CC(C)(C)Nc1nc(Nc2ccc3ccccc3c2)nc2nc[nH]c12. The second kappa shape index (κ2) is 5.73. The first-order chi connectivity index (χ1) is 12.0. The van der Waals surface area contributed by atoms with Gasteiger partial charge in [0.15, 0.2) is 11.5 Å². The van der Waals surface area contributed by atoms with E-state index in [0.717, 1.165) is 17.0 Å². The predicted molar refractivity (Wildman–Crippen MR) is 102 cm³/mol. The number of anilines is 3. The molecule has 4 aromatic rings. The van der Waals surface area contributed by atoms with Gasteiger partial charge in [0, 0.05) is 11.2 Å². The standard InChI is InChI=1S/C19H20N6/c1-19(2,3)25-17-15-16(21-11-20-15)23-18(24-17)22-14-9-8-12-6-4-5-7-13(12)10-14/h4-11H,1-3H3,(H3,20,21,22,23,24,25). The van der Waals surface area contributed by atoms with Gasteiger partial charge in [-0.05, 0) is 43.7 Å². The van der Waals surface area contributed by atoms with Crippen molar-refractivity contribution in [1.29, 1.82) is 0 Å². The van der Waals surface area contributed by atoms with E-state index in [-0.39, 0.29) is 5.54 Å². The molecule has 0 bridgehead atoms. The molecule has 4 rings (SSSR count). The van der Waals surface area contributed by atoms with E-state index in [2.05, 4.69) is 75.6 Å². The van der Waals surface area contributed by atoms with E-state index in [4.69, 9.17) is 0 Å². The highest BCUT2D eigenvalue weighted by atomic mass is 15.2. The molecule has 0 atom stereocenters. The molecule has 126 valence electrons. The van der Waals surface area contributed by atoms with Gasteiger partial charge in [-0.1, -0.05) is 30.3 Å². The fourth-order valence-corrected chi connectivity index (χ4v) is 2.73. The summed E-state index contributed by atoms with van der Waals surface area (Å²) in [4.78, 5) is 16.5. The van der Waals surface area contributed by atoms with Crippen LogP contribution in [0.25, 0.3) is 21.9 Å². The van der Waals surface area contributed by atoms with Crippen molar-refractivity contribution >= 4 is 39.4 Å². The van der Waals surface area contributed by atoms with Gasteiger partial charge in [-0.25, -0.2) is 4.98 Å². The van der Waals surface area contributed by atoms with Crippen molar-refractivity contribution in [2.75, 3.05) is 10.6 Å². The van der Waals surface area contributed by atoms with Crippen LogP contribution in [0.5, 0.6) is 0 Å². The maximum Gasteiger partial charge on any atom is 0.231 e. The van der Waals surface area contributed by atoms with Crippen LogP contribution in [0.15, 0.2) is 48.8 Å². The van der Waals surface area contributed by atoms with Crippen molar-refractivity contribution in [2.24, 2.45) is 0 Å². The number of nitrogens with zero attached hydrogens (tertiary/aromatic N) is 3. The minimum atomic E-state index is -0.118. The minimum Gasteiger partial charge on any atom is -0.364 e. The summed E-state index contributed by atoms with van der Waals surface area (Å²) < 4.78 is 0. The van der Waals surface area contributed by atoms with E-state index in [1.54, 1.807) is 6.33 Å². The van der Waals surface area contributed by atoms with Gasteiger partial charge in [0.2, 0.25) is 5.95 Å². The second-order valence-electron chi connectivity index (χ2n) is 7.06. The second-order valence-corrected chi connectivity index (χ2v) is 7.06. The number of fused-ring (bicyclic) bond motifs is 2. The van der Waals surface area contributed by atoms with Gasteiger partial charge in [-0.15, -0.1) is 0 Å². The number of rotatable bonds is 3. The molecule has 0 unspecified atom stereocenters. The molecule has 3 N–H and O–H groups in total. The quantitative estimate of drug-likeness (QED) is 0.516. The lowest BCUT2D eigenvalue weighted by molar-refractivity contribution is 0.631. The maximum absolute atomic E-state index is 4.63. The zero-order valence-corrected chi connectivity index (χ0v) is 14.5. The van der Waals surface area contributed by atoms with Gasteiger partial charge < -0.3 is 15.6 Å². The van der Waals surface area contributed by atoms with E-state index in [1.165, 1.54) is 10.8 Å². The molecule has 25 heavy (non-hydrogen) atoms. The third-order valence-corrected chi connectivity index (χ3v) is 3.78. The zero-order chi connectivity index (χ0) is 17.4. The summed E-state index contributed by atoms with van der Waals surface area (Å²) in [6.07, 6.45) is 1.63. The average molecular weight is 332 g/mol. The van der Waals surface area contributed by atoms with Crippen molar-refractivity contribution in [3.8, 4) is 0 Å². The summed E-state index contributed by atoms with van der Waals surface area (Å²) in [7, 11) is 0. The van der Waals surface area contributed by atoms with Crippen molar-refractivity contribution in [3.05, 3.63) is 48.8 Å². The molecule has 6 nitrogen and oxygen atoms in total. The Kier molecular flexibility index (Phi) is 3.53. The number of imidazole rings is 1. The Hall–Kier alpha value is -3.15. The highest BCUT2D eigenvalue weighted by Gasteiger charge is 2.16. The maximum atomic E-state index is 4.63. The molecular weight excluding hydrogens is 312 g/mol. The molecule has 0 amide bonds. The fourth-order valence-electron chi connectivity index (χ4n) is 2.73. The van der Waals surface area contributed by atoms with Gasteiger partial charge >= 0.3 is 0 Å². The molecule has 0 aliphatic heterocycles. The molecule has 0 radical (unpaired) electrons. The monoisotopic (exact) mass is 332 g/mol. The van der Waals surface area contributed by atoms with Crippen LogP contribution < -0.4 is 10.6 Å². The first kappa shape index (κ1) is 15.4. The van der Waals surface area contributed by atoms with Crippen molar-refractivity contribution < 1.29 is 0 Å². The van der Waals surface area contributed by atoms with E-state index in [1.807, 2.05) is 18.2 Å². The van der Waals surface area contributed by atoms with Crippen LogP contribution in [0.3, 0.4) is 0 Å². The molecule has 2 aromatic heterocycles. The summed E-state index contributed by atoms with van der Waals surface area (Å²) in [5, 5.41) is 9.06. The summed E-state index contributed by atoms with van der Waals surface area (Å²) >= 11 is 0. The zero-order valence-electron chi connectivity index (χ0n) is 14.5. The first-order valence-corrected chi connectivity index (χ1v) is 8.23. The van der Waals surface area contributed by atoms with E-state index >= 15 is 0 Å². The molecule has 0 saturated heterocycles. The van der Waals surface area contributed by atoms with E-state index < -0.39 is 0 Å². The summed E-state index contributed by atoms with van der Waals surface area (Å²) in [5.74, 6) is 1.25. The minimum absolute atomic E-state index is 0.118. The van der Waals surface area contributed by atoms with Gasteiger partial charge in [-0.3, -0.25) is 0 Å². The summed E-state index contributed by atoms with van der Waals surface area (Å²) in [5.41, 5.74) is 2.26. The lowest BCUT2D eigenvalue weighted by Gasteiger charge is -2.21. The largest absolute Gasteiger partial charge is 0.364 e. The number of nitrogens with one attached hydrogen (secondary N) is 3. The van der Waals surface area contributed by atoms with Crippen molar-refractivity contribution in [1.82, 2.24) is 19.9 Å². The smallest absolute Gasteiger partial charge is 0.231 e. The average Bonchev–Trinajstić information content (AvgIpc) is 3.02. The molecular formula is C19H20N6. The molecule has 0 aliphatic carbocycles. The Balaban J connectivity index is 1.72. The molecule has 0 fully saturated rings. The van der Waals surface area contributed by atoms with Gasteiger partial charge in [0.05, 0.1) is 6.33 Å². The van der Waals surface area contributed by atoms with Gasteiger partial charge in [0.1, 0.15) is 5.52 Å². The summed E-state index contributed by atoms with van der Waals surface area (Å²) in [6, 6.07) is 14.4. The third-order valence-electron chi connectivity index (χ3n) is 3.78. The Labute approximate surface area is 145 Å². The number of aromatic nitrogens is 4. The first-order valence-electron chi connectivity index (χ1n) is 8.23. The molecule has 0 spiro atoms. The Bertz CT molecular complexity index is 1040. The summed E-state index contributed by atoms with van der Waals surface area (Å²) in [6.45, 7) is 6.27. The van der Waals surface area contributed by atoms with E-state index in [9.17, 15) is 0 Å². The number of hydrogen-bond donors (Lipinski definition) is 3. The normalized spacial score (nSPS) is 11.8. The van der Waals surface area contributed by atoms with Crippen LogP contribution in [0.4, 0.5) is 17.5 Å². The highest BCUT2D eigenvalue weighted by molar-refractivity contribution is 5.87. The fraction of sp³-hybridized carbons (Fsp3) is 0.211. The number of H-pyrrole nitrogens is 1. The molecule has 6 heteroatoms. The Morgan fingerprint density at radius 3 is 2.56 bits per heavy atom. The Morgan fingerprint density at radius 2 is 1.76 bits per heavy atom. The van der Waals surface area contributed by atoms with Crippen LogP contribution in [0.2, 0.25) is 0 Å². The predicted octanol–water partition coefficient (Wildman–Crippen LogP) is 4.46. The van der Waals surface area contributed by atoms with E-state index in [0.29, 0.717) is 11.6 Å². The van der Waals surface area contributed by atoms with Crippen LogP contribution in [0, 0.1) is 0 Å². The highest BCUT2D eigenvalue weighted by Crippen LogP contribution is 2.25. The topological polar surface area (TPSA) is 78.5 Å². The van der Waals surface area contributed by atoms with Crippen LogP contribution in [0.1, 0.15) is 20.8 Å². The van der Waals surface area contributed by atoms with Crippen LogP contribution in [-0.2, 0) is 0 Å². The third kappa shape index (κ3) is 3.24. The van der Waals surface area contributed by atoms with Crippen LogP contribution in [-0.4, -0.2) is 25.5 Å². The van der Waals surface area contributed by atoms with Crippen molar-refractivity contribution in [2.45, 2.75) is 26.3 Å². The lowest BCUT2D eigenvalue weighted by atomic mass is 10.1.